The number of anilines is 1. The number of nitrogens with zero attached hydrogens (tertiary/aromatic N) is 1. The number of nitrogens with one attached hydrogen (secondary N) is 2. The van der Waals surface area contributed by atoms with Crippen molar-refractivity contribution < 1.29 is 23.5 Å². The maximum absolute atomic E-state index is 12.8. The van der Waals surface area contributed by atoms with Crippen LogP contribution in [0.5, 0.6) is 0 Å². The molecule has 140 valence electrons. The zero-order chi connectivity index (χ0) is 19.6. The molecule has 0 saturated carbocycles. The average molecular weight is 371 g/mol. The second kappa shape index (κ2) is 9.81. The molecule has 0 saturated heterocycles. The average Bonchev–Trinajstić information content (AvgIpc) is 2.68. The number of benzene rings is 2. The second-order valence-electron chi connectivity index (χ2n) is 5.46. The maximum atomic E-state index is 12.8. The maximum Gasteiger partial charge on any atom is 0.337 e. The van der Waals surface area contributed by atoms with E-state index in [4.69, 9.17) is 0 Å². The van der Waals surface area contributed by atoms with Gasteiger partial charge in [0.05, 0.1) is 18.9 Å². The van der Waals surface area contributed by atoms with Crippen molar-refractivity contribution >= 4 is 29.7 Å². The summed E-state index contributed by atoms with van der Waals surface area (Å²) in [6, 6.07) is 11.8. The molecule has 2 amide bonds. The van der Waals surface area contributed by atoms with Crippen LogP contribution < -0.4 is 10.7 Å². The first-order valence-corrected chi connectivity index (χ1v) is 8.03. The Hall–Kier alpha value is -3.55. The van der Waals surface area contributed by atoms with Crippen molar-refractivity contribution in [3.63, 3.8) is 0 Å². The molecule has 0 radical (unpaired) electrons. The van der Waals surface area contributed by atoms with Crippen LogP contribution in [0.15, 0.2) is 53.6 Å². The molecule has 2 N–H and O–H groups in total. The fraction of sp³-hybridized carbons (Fsp3) is 0.158. The number of halogens is 1. The molecule has 0 spiro atoms. The molecule has 0 aromatic heterocycles. The molecule has 27 heavy (non-hydrogen) atoms. The number of hydrogen-bond acceptors (Lipinski definition) is 5. The van der Waals surface area contributed by atoms with Crippen LogP contribution in [0.2, 0.25) is 0 Å². The fourth-order valence-electron chi connectivity index (χ4n) is 2.04. The van der Waals surface area contributed by atoms with Crippen molar-refractivity contribution in [3.05, 3.63) is 65.5 Å². The lowest BCUT2D eigenvalue weighted by molar-refractivity contribution is -0.124. The highest BCUT2D eigenvalue weighted by atomic mass is 19.1. The largest absolute Gasteiger partial charge is 0.465 e. The predicted molar refractivity (Wildman–Crippen MR) is 97.8 cm³/mol. The Morgan fingerprint density at radius 2 is 1.63 bits per heavy atom. The number of esters is 1. The summed E-state index contributed by atoms with van der Waals surface area (Å²) in [5.74, 6) is -1.62. The van der Waals surface area contributed by atoms with Crippen molar-refractivity contribution in [3.8, 4) is 0 Å². The van der Waals surface area contributed by atoms with E-state index < -0.39 is 17.7 Å². The van der Waals surface area contributed by atoms with Crippen LogP contribution >= 0.6 is 0 Å². The molecule has 0 bridgehead atoms. The van der Waals surface area contributed by atoms with Crippen LogP contribution in [0, 0.1) is 5.82 Å². The summed E-state index contributed by atoms with van der Waals surface area (Å²) in [6.45, 7) is 0. The Labute approximate surface area is 155 Å². The monoisotopic (exact) mass is 371 g/mol. The van der Waals surface area contributed by atoms with E-state index in [-0.39, 0.29) is 18.7 Å². The van der Waals surface area contributed by atoms with Gasteiger partial charge in [-0.1, -0.05) is 12.1 Å². The minimum atomic E-state index is -0.439. The highest BCUT2D eigenvalue weighted by Gasteiger charge is 2.07. The number of ether oxygens (including phenoxy) is 1. The summed E-state index contributed by atoms with van der Waals surface area (Å²) in [6.07, 6.45) is 1.33. The molecule has 0 aliphatic heterocycles. The van der Waals surface area contributed by atoms with Crippen molar-refractivity contribution in [2.75, 3.05) is 12.4 Å². The lowest BCUT2D eigenvalue weighted by atomic mass is 10.1. The van der Waals surface area contributed by atoms with E-state index in [0.29, 0.717) is 16.8 Å². The third-order valence-corrected chi connectivity index (χ3v) is 3.44. The van der Waals surface area contributed by atoms with E-state index in [1.807, 2.05) is 0 Å². The van der Waals surface area contributed by atoms with Crippen LogP contribution in [0.25, 0.3) is 0 Å². The fourth-order valence-corrected chi connectivity index (χ4v) is 2.04. The van der Waals surface area contributed by atoms with E-state index >= 15 is 0 Å². The molecular formula is C19H18FN3O4. The van der Waals surface area contributed by atoms with E-state index in [2.05, 4.69) is 20.6 Å². The van der Waals surface area contributed by atoms with Gasteiger partial charge in [0, 0.05) is 18.5 Å². The summed E-state index contributed by atoms with van der Waals surface area (Å²) in [7, 11) is 1.30. The highest BCUT2D eigenvalue weighted by molar-refractivity contribution is 5.93. The molecule has 0 aliphatic carbocycles. The molecule has 0 heterocycles. The van der Waals surface area contributed by atoms with Gasteiger partial charge in [-0.3, -0.25) is 9.59 Å². The second-order valence-corrected chi connectivity index (χ2v) is 5.46. The van der Waals surface area contributed by atoms with Crippen LogP contribution in [0.1, 0.15) is 28.8 Å². The Morgan fingerprint density at radius 1 is 1.00 bits per heavy atom. The van der Waals surface area contributed by atoms with E-state index in [0.717, 1.165) is 0 Å². The standard InChI is InChI=1S/C19H18FN3O4/c1-27-19(26)14-4-2-13(3-5-14)12-21-23-18(25)11-10-17(24)22-16-8-6-15(20)7-9-16/h2-9,12H,10-11H2,1H3,(H,22,24)(H,23,25). The van der Waals surface area contributed by atoms with Crippen LogP contribution in [0.4, 0.5) is 10.1 Å². The molecule has 0 unspecified atom stereocenters. The number of carbonyl (C=O) groups is 3. The van der Waals surface area contributed by atoms with Gasteiger partial charge in [-0.2, -0.15) is 5.10 Å². The van der Waals surface area contributed by atoms with Gasteiger partial charge >= 0.3 is 5.97 Å². The molecule has 2 aromatic rings. The van der Waals surface area contributed by atoms with E-state index in [1.165, 1.54) is 37.6 Å². The molecule has 0 atom stereocenters. The molecule has 2 aromatic carbocycles. The summed E-state index contributed by atoms with van der Waals surface area (Å²) in [5.41, 5.74) is 3.86. The molecular weight excluding hydrogens is 353 g/mol. The molecule has 2 rings (SSSR count). The Balaban J connectivity index is 1.73. The first kappa shape index (κ1) is 19.8. The SMILES string of the molecule is COC(=O)c1ccc(C=NNC(=O)CCC(=O)Nc2ccc(F)cc2)cc1. The molecule has 0 aliphatic rings. The zero-order valence-electron chi connectivity index (χ0n) is 14.6. The first-order valence-electron chi connectivity index (χ1n) is 8.03. The Bertz CT molecular complexity index is 833. The quantitative estimate of drug-likeness (QED) is 0.444. The predicted octanol–water partition coefficient (Wildman–Crippen LogP) is 2.48. The number of hydrazone groups is 1. The van der Waals surface area contributed by atoms with Gasteiger partial charge in [0.25, 0.3) is 0 Å². The minimum absolute atomic E-state index is 0.0352. The van der Waals surface area contributed by atoms with Gasteiger partial charge < -0.3 is 10.1 Å². The third kappa shape index (κ3) is 6.69. The Kier molecular flexibility index (Phi) is 7.18. The van der Waals surface area contributed by atoms with Crippen molar-refractivity contribution in [1.82, 2.24) is 5.43 Å². The topological polar surface area (TPSA) is 96.9 Å². The number of hydrogen-bond donors (Lipinski definition) is 2. The van der Waals surface area contributed by atoms with Crippen molar-refractivity contribution in [2.24, 2.45) is 5.10 Å². The van der Waals surface area contributed by atoms with Gasteiger partial charge in [-0.15, -0.1) is 0 Å². The normalized spacial score (nSPS) is 10.4. The van der Waals surface area contributed by atoms with Crippen LogP contribution in [-0.4, -0.2) is 31.1 Å². The minimum Gasteiger partial charge on any atom is -0.465 e. The lowest BCUT2D eigenvalue weighted by Gasteiger charge is -2.04. The number of carbonyl (C=O) groups excluding carboxylic acids is 3. The number of amides is 2. The molecule has 7 nitrogen and oxygen atoms in total. The van der Waals surface area contributed by atoms with Crippen molar-refractivity contribution in [1.29, 1.82) is 0 Å². The van der Waals surface area contributed by atoms with Gasteiger partial charge in [0.15, 0.2) is 0 Å². The van der Waals surface area contributed by atoms with Gasteiger partial charge in [-0.25, -0.2) is 14.6 Å². The highest BCUT2D eigenvalue weighted by Crippen LogP contribution is 2.09. The summed E-state index contributed by atoms with van der Waals surface area (Å²) in [4.78, 5) is 34.8. The number of rotatable bonds is 7. The van der Waals surface area contributed by atoms with Crippen LogP contribution in [-0.2, 0) is 14.3 Å². The summed E-state index contributed by atoms with van der Waals surface area (Å²) in [5, 5.41) is 6.36. The van der Waals surface area contributed by atoms with E-state index in [9.17, 15) is 18.8 Å². The van der Waals surface area contributed by atoms with Crippen LogP contribution in [0.3, 0.4) is 0 Å². The third-order valence-electron chi connectivity index (χ3n) is 3.44. The van der Waals surface area contributed by atoms with Gasteiger partial charge in [0.2, 0.25) is 11.8 Å². The smallest absolute Gasteiger partial charge is 0.337 e. The van der Waals surface area contributed by atoms with E-state index in [1.54, 1.807) is 24.3 Å². The van der Waals surface area contributed by atoms with Crippen molar-refractivity contribution in [2.45, 2.75) is 12.8 Å². The summed E-state index contributed by atoms with van der Waals surface area (Å²) >= 11 is 0. The Morgan fingerprint density at radius 3 is 2.26 bits per heavy atom. The zero-order valence-corrected chi connectivity index (χ0v) is 14.6. The molecule has 8 heteroatoms. The molecule has 0 fully saturated rings. The summed E-state index contributed by atoms with van der Waals surface area (Å²) < 4.78 is 17.4. The number of methoxy groups -OCH3 is 1. The first-order chi connectivity index (χ1) is 13.0. The van der Waals surface area contributed by atoms with Gasteiger partial charge in [0.1, 0.15) is 5.82 Å². The van der Waals surface area contributed by atoms with Gasteiger partial charge in [-0.05, 0) is 42.0 Å². The lowest BCUT2D eigenvalue weighted by Crippen LogP contribution is -2.20.